The molecule has 0 fully saturated rings. The Hall–Kier alpha value is -1.62. The van der Waals surface area contributed by atoms with Crippen molar-refractivity contribution in [3.8, 4) is 0 Å². The van der Waals surface area contributed by atoms with Gasteiger partial charge < -0.3 is 4.74 Å². The molecule has 0 saturated heterocycles. The van der Waals surface area contributed by atoms with E-state index in [0.717, 1.165) is 28.0 Å². The predicted molar refractivity (Wildman–Crippen MR) is 76.5 cm³/mol. The molecule has 0 saturated carbocycles. The van der Waals surface area contributed by atoms with Crippen LogP contribution in [0.2, 0.25) is 0 Å². The van der Waals surface area contributed by atoms with E-state index in [9.17, 15) is 4.79 Å². The van der Waals surface area contributed by atoms with Gasteiger partial charge in [0, 0.05) is 5.39 Å². The van der Waals surface area contributed by atoms with E-state index in [1.807, 2.05) is 24.3 Å². The van der Waals surface area contributed by atoms with Gasteiger partial charge in [-0.25, -0.2) is 4.79 Å². The second kappa shape index (κ2) is 6.52. The lowest BCUT2D eigenvalue weighted by molar-refractivity contribution is 0.0514. The molecular weight excluding hydrogens is 260 g/mol. The Morgan fingerprint density at radius 1 is 1.26 bits per heavy atom. The summed E-state index contributed by atoms with van der Waals surface area (Å²) >= 11 is 1.63. The van der Waals surface area contributed by atoms with Gasteiger partial charge in [0.15, 0.2) is 5.69 Å². The van der Waals surface area contributed by atoms with E-state index in [1.165, 1.54) is 0 Å². The smallest absolute Gasteiger partial charge is 0.360 e. The Morgan fingerprint density at radius 3 is 2.79 bits per heavy atom. The van der Waals surface area contributed by atoms with Gasteiger partial charge in [-0.15, -0.1) is 22.0 Å². The number of fused-ring (bicyclic) bond motifs is 1. The van der Waals surface area contributed by atoms with E-state index in [4.69, 9.17) is 4.74 Å². The van der Waals surface area contributed by atoms with Gasteiger partial charge in [0.25, 0.3) is 0 Å². The number of carbonyl (C=O) groups excluding carboxylic acids is 1. The first-order chi connectivity index (χ1) is 9.27. The highest BCUT2D eigenvalue weighted by atomic mass is 32.2. The summed E-state index contributed by atoms with van der Waals surface area (Å²) in [6, 6.07) is 7.71. The molecule has 0 bridgehead atoms. The molecule has 0 spiro atoms. The lowest BCUT2D eigenvalue weighted by Crippen LogP contribution is -2.10. The highest BCUT2D eigenvalue weighted by Gasteiger charge is 2.18. The predicted octanol–water partition coefficient (Wildman–Crippen LogP) is 3.31. The average molecular weight is 276 g/mol. The zero-order chi connectivity index (χ0) is 13.7. The van der Waals surface area contributed by atoms with Crippen LogP contribution in [0, 0.1) is 0 Å². The maximum atomic E-state index is 11.9. The number of ether oxygens (including phenoxy) is 1. The van der Waals surface area contributed by atoms with Crippen LogP contribution >= 0.6 is 11.8 Å². The Morgan fingerprint density at radius 2 is 2.05 bits per heavy atom. The van der Waals surface area contributed by atoms with Crippen molar-refractivity contribution in [2.24, 2.45) is 0 Å². The van der Waals surface area contributed by atoms with Crippen LogP contribution < -0.4 is 0 Å². The minimum Gasteiger partial charge on any atom is -0.461 e. The SMILES string of the molecule is CCCSc1c(C(=O)OCC)nnc2ccccc12. The van der Waals surface area contributed by atoms with E-state index in [1.54, 1.807) is 18.7 Å². The number of thioether (sulfide) groups is 1. The Balaban J connectivity index is 2.52. The van der Waals surface area contributed by atoms with Crippen molar-refractivity contribution in [1.82, 2.24) is 10.2 Å². The summed E-state index contributed by atoms with van der Waals surface area (Å²) in [5, 5.41) is 9.08. The zero-order valence-electron chi connectivity index (χ0n) is 11.0. The number of esters is 1. The Kier molecular flexibility index (Phi) is 4.74. The van der Waals surface area contributed by atoms with E-state index in [0.29, 0.717) is 12.3 Å². The molecule has 1 aromatic carbocycles. The number of rotatable bonds is 5. The largest absolute Gasteiger partial charge is 0.461 e. The third-order valence-electron chi connectivity index (χ3n) is 2.54. The Labute approximate surface area is 116 Å². The van der Waals surface area contributed by atoms with Crippen molar-refractivity contribution in [2.45, 2.75) is 25.2 Å². The third kappa shape index (κ3) is 3.04. The molecule has 1 heterocycles. The number of aromatic nitrogens is 2. The van der Waals surface area contributed by atoms with Crippen LogP contribution in [0.15, 0.2) is 29.2 Å². The van der Waals surface area contributed by atoms with Crippen molar-refractivity contribution >= 4 is 28.6 Å². The molecule has 2 rings (SSSR count). The van der Waals surface area contributed by atoms with Crippen molar-refractivity contribution in [3.63, 3.8) is 0 Å². The zero-order valence-corrected chi connectivity index (χ0v) is 11.9. The van der Waals surface area contributed by atoms with Gasteiger partial charge in [-0.3, -0.25) is 0 Å². The van der Waals surface area contributed by atoms with Gasteiger partial charge in [0.1, 0.15) is 0 Å². The maximum absolute atomic E-state index is 11.9. The molecular formula is C14H16N2O2S. The lowest BCUT2D eigenvalue weighted by Gasteiger charge is -2.09. The van der Waals surface area contributed by atoms with E-state index >= 15 is 0 Å². The number of benzene rings is 1. The maximum Gasteiger partial charge on any atom is 0.360 e. The van der Waals surface area contributed by atoms with Crippen LogP contribution in [-0.4, -0.2) is 28.5 Å². The molecule has 0 radical (unpaired) electrons. The summed E-state index contributed by atoms with van der Waals surface area (Å²) in [5.41, 5.74) is 1.12. The van der Waals surface area contributed by atoms with Gasteiger partial charge in [0.05, 0.1) is 17.0 Å². The molecule has 2 aromatic rings. The molecule has 0 atom stereocenters. The summed E-state index contributed by atoms with van der Waals surface area (Å²) < 4.78 is 5.04. The van der Waals surface area contributed by atoms with Gasteiger partial charge in [-0.05, 0) is 25.2 Å². The van der Waals surface area contributed by atoms with Crippen molar-refractivity contribution in [3.05, 3.63) is 30.0 Å². The van der Waals surface area contributed by atoms with Crippen LogP contribution in [0.25, 0.3) is 10.9 Å². The first-order valence-electron chi connectivity index (χ1n) is 6.33. The van der Waals surface area contributed by atoms with Crippen molar-refractivity contribution < 1.29 is 9.53 Å². The van der Waals surface area contributed by atoms with Gasteiger partial charge in [-0.2, -0.15) is 0 Å². The molecule has 100 valence electrons. The molecule has 19 heavy (non-hydrogen) atoms. The molecule has 4 nitrogen and oxygen atoms in total. The molecule has 0 aliphatic heterocycles. The minimum absolute atomic E-state index is 0.319. The van der Waals surface area contributed by atoms with Crippen molar-refractivity contribution in [2.75, 3.05) is 12.4 Å². The van der Waals surface area contributed by atoms with E-state index in [2.05, 4.69) is 17.1 Å². The molecule has 0 N–H and O–H groups in total. The van der Waals surface area contributed by atoms with Crippen molar-refractivity contribution in [1.29, 1.82) is 0 Å². The molecule has 0 unspecified atom stereocenters. The summed E-state index contributed by atoms with van der Waals surface area (Å²) in [6.07, 6.45) is 1.03. The summed E-state index contributed by atoms with van der Waals surface area (Å²) in [4.78, 5) is 12.8. The summed E-state index contributed by atoms with van der Waals surface area (Å²) in [7, 11) is 0. The van der Waals surface area contributed by atoms with E-state index < -0.39 is 5.97 Å². The van der Waals surface area contributed by atoms with Crippen LogP contribution in [0.5, 0.6) is 0 Å². The summed E-state index contributed by atoms with van der Waals surface area (Å²) in [6.45, 7) is 4.23. The number of hydrogen-bond donors (Lipinski definition) is 0. The fraction of sp³-hybridized carbons (Fsp3) is 0.357. The third-order valence-corrected chi connectivity index (χ3v) is 3.86. The fourth-order valence-corrected chi connectivity index (χ4v) is 2.71. The van der Waals surface area contributed by atoms with Gasteiger partial charge >= 0.3 is 5.97 Å². The highest BCUT2D eigenvalue weighted by molar-refractivity contribution is 7.99. The van der Waals surface area contributed by atoms with Crippen LogP contribution in [-0.2, 0) is 4.74 Å². The van der Waals surface area contributed by atoms with Crippen LogP contribution in [0.1, 0.15) is 30.8 Å². The second-order valence-electron chi connectivity index (χ2n) is 3.96. The lowest BCUT2D eigenvalue weighted by atomic mass is 10.2. The number of nitrogens with zero attached hydrogens (tertiary/aromatic N) is 2. The molecule has 0 amide bonds. The summed E-state index contributed by atoms with van der Waals surface area (Å²) in [5.74, 6) is 0.529. The first kappa shape index (κ1) is 13.8. The minimum atomic E-state index is -0.403. The molecule has 5 heteroatoms. The quantitative estimate of drug-likeness (QED) is 0.619. The molecule has 0 aliphatic carbocycles. The fourth-order valence-electron chi connectivity index (χ4n) is 1.71. The number of hydrogen-bond acceptors (Lipinski definition) is 5. The Bertz CT molecular complexity index is 587. The monoisotopic (exact) mass is 276 g/mol. The highest BCUT2D eigenvalue weighted by Crippen LogP contribution is 2.29. The number of carbonyl (C=O) groups is 1. The normalized spacial score (nSPS) is 10.6. The first-order valence-corrected chi connectivity index (χ1v) is 7.31. The molecule has 1 aromatic heterocycles. The van der Waals surface area contributed by atoms with Gasteiger partial charge in [-0.1, -0.05) is 25.1 Å². The second-order valence-corrected chi connectivity index (χ2v) is 5.07. The van der Waals surface area contributed by atoms with Gasteiger partial charge in [0.2, 0.25) is 0 Å². The van der Waals surface area contributed by atoms with Crippen LogP contribution in [0.4, 0.5) is 0 Å². The average Bonchev–Trinajstić information content (AvgIpc) is 2.44. The molecule has 0 aliphatic rings. The van der Waals surface area contributed by atoms with E-state index in [-0.39, 0.29) is 0 Å². The standard InChI is InChI=1S/C14H16N2O2S/c1-3-9-19-13-10-7-5-6-8-11(10)15-16-12(13)14(17)18-4-2/h5-8H,3-4,9H2,1-2H3. The topological polar surface area (TPSA) is 52.1 Å². The van der Waals surface area contributed by atoms with Crippen LogP contribution in [0.3, 0.4) is 0 Å².